The van der Waals surface area contributed by atoms with Crippen LogP contribution in [-0.4, -0.2) is 37.3 Å². The van der Waals surface area contributed by atoms with Crippen LogP contribution in [0.3, 0.4) is 0 Å². The van der Waals surface area contributed by atoms with Crippen molar-refractivity contribution in [1.82, 2.24) is 25.1 Å². The Morgan fingerprint density at radius 1 is 1.25 bits per heavy atom. The molecular weight excluding hydrogens is 396 g/mol. The summed E-state index contributed by atoms with van der Waals surface area (Å²) in [5, 5.41) is 17.0. The summed E-state index contributed by atoms with van der Waals surface area (Å²) in [4.78, 5) is 28.6. The molecule has 10 heteroatoms. The molecule has 1 atom stereocenters. The van der Waals surface area contributed by atoms with Crippen molar-refractivity contribution in [2.45, 2.75) is 25.0 Å². The number of hydrogen-bond acceptors (Lipinski definition) is 7. The molecule has 2 N–H and O–H groups in total. The van der Waals surface area contributed by atoms with Crippen LogP contribution in [0, 0.1) is 6.92 Å². The molecule has 0 fully saturated rings. The Hall–Kier alpha value is -2.72. The summed E-state index contributed by atoms with van der Waals surface area (Å²) in [5.74, 6) is 0.468. The Morgan fingerprint density at radius 3 is 2.68 bits per heavy atom. The SMILES string of the molecule is Cc1csc(NC(=O)CSc2nnc([C@@H](C)NC(=O)c3ccccc3)n2C)n1. The van der Waals surface area contributed by atoms with E-state index in [-0.39, 0.29) is 23.6 Å². The third-order valence-corrected chi connectivity index (χ3v) is 5.73. The van der Waals surface area contributed by atoms with Crippen LogP contribution in [0.1, 0.15) is 34.8 Å². The summed E-state index contributed by atoms with van der Waals surface area (Å²) in [6.45, 7) is 3.72. The van der Waals surface area contributed by atoms with Gasteiger partial charge in [-0.15, -0.1) is 21.5 Å². The number of rotatable bonds is 7. The van der Waals surface area contributed by atoms with E-state index < -0.39 is 0 Å². The maximum Gasteiger partial charge on any atom is 0.251 e. The number of aryl methyl sites for hydroxylation is 1. The Labute approximate surface area is 170 Å². The number of nitrogens with one attached hydrogen (secondary N) is 2. The van der Waals surface area contributed by atoms with Gasteiger partial charge in [0.15, 0.2) is 16.1 Å². The second kappa shape index (κ2) is 8.98. The summed E-state index contributed by atoms with van der Waals surface area (Å²) in [7, 11) is 1.81. The highest BCUT2D eigenvalue weighted by Gasteiger charge is 2.19. The second-order valence-corrected chi connectivity index (χ2v) is 7.89. The number of nitrogens with zero attached hydrogens (tertiary/aromatic N) is 4. The molecule has 3 rings (SSSR count). The maximum atomic E-state index is 12.3. The first kappa shape index (κ1) is 20.0. The van der Waals surface area contributed by atoms with Gasteiger partial charge >= 0.3 is 0 Å². The molecule has 0 bridgehead atoms. The second-order valence-electron chi connectivity index (χ2n) is 6.09. The predicted molar refractivity (Wildman–Crippen MR) is 110 cm³/mol. The first-order valence-corrected chi connectivity index (χ1v) is 10.4. The molecule has 8 nitrogen and oxygen atoms in total. The number of thiazole rings is 1. The number of anilines is 1. The molecule has 0 saturated carbocycles. The van der Waals surface area contributed by atoms with E-state index in [2.05, 4.69) is 25.8 Å². The van der Waals surface area contributed by atoms with Gasteiger partial charge in [-0.2, -0.15) is 0 Å². The van der Waals surface area contributed by atoms with E-state index in [0.29, 0.717) is 21.7 Å². The number of thioether (sulfide) groups is 1. The maximum absolute atomic E-state index is 12.3. The Kier molecular flexibility index (Phi) is 6.42. The minimum absolute atomic E-state index is 0.158. The highest BCUT2D eigenvalue weighted by molar-refractivity contribution is 7.99. The zero-order valence-electron chi connectivity index (χ0n) is 15.7. The Morgan fingerprint density at radius 2 is 2.00 bits per heavy atom. The van der Waals surface area contributed by atoms with E-state index in [9.17, 15) is 9.59 Å². The zero-order chi connectivity index (χ0) is 20.1. The fraction of sp³-hybridized carbons (Fsp3) is 0.278. The van der Waals surface area contributed by atoms with Crippen molar-refractivity contribution < 1.29 is 9.59 Å². The smallest absolute Gasteiger partial charge is 0.251 e. The molecule has 2 heterocycles. The molecular formula is C18H20N6O2S2. The van der Waals surface area contributed by atoms with Crippen LogP contribution >= 0.6 is 23.1 Å². The van der Waals surface area contributed by atoms with Crippen molar-refractivity contribution >= 4 is 40.0 Å². The normalized spacial score (nSPS) is 11.8. The van der Waals surface area contributed by atoms with Gasteiger partial charge in [0.1, 0.15) is 0 Å². The summed E-state index contributed by atoms with van der Waals surface area (Å²) in [5.41, 5.74) is 1.46. The van der Waals surface area contributed by atoms with Gasteiger partial charge < -0.3 is 15.2 Å². The van der Waals surface area contributed by atoms with Crippen LogP contribution in [0.15, 0.2) is 40.9 Å². The molecule has 0 aliphatic carbocycles. The lowest BCUT2D eigenvalue weighted by Crippen LogP contribution is -2.28. The summed E-state index contributed by atoms with van der Waals surface area (Å²) in [6, 6.07) is 8.67. The van der Waals surface area contributed by atoms with Crippen LogP contribution in [0.2, 0.25) is 0 Å². The summed E-state index contributed by atoms with van der Waals surface area (Å²) >= 11 is 2.66. The van der Waals surface area contributed by atoms with Gasteiger partial charge in [-0.3, -0.25) is 9.59 Å². The fourth-order valence-electron chi connectivity index (χ4n) is 2.46. The van der Waals surface area contributed by atoms with Gasteiger partial charge in [0.2, 0.25) is 5.91 Å². The first-order valence-electron chi connectivity index (χ1n) is 8.54. The van der Waals surface area contributed by atoms with Crippen LogP contribution in [0.25, 0.3) is 0 Å². The number of carbonyl (C=O) groups excluding carboxylic acids is 2. The highest BCUT2D eigenvalue weighted by Crippen LogP contribution is 2.20. The van der Waals surface area contributed by atoms with Gasteiger partial charge in [-0.05, 0) is 26.0 Å². The van der Waals surface area contributed by atoms with Crippen LogP contribution in [-0.2, 0) is 11.8 Å². The minimum Gasteiger partial charge on any atom is -0.342 e. The molecule has 2 aromatic heterocycles. The lowest BCUT2D eigenvalue weighted by Gasteiger charge is -2.13. The molecule has 0 aliphatic heterocycles. The molecule has 0 unspecified atom stereocenters. The van der Waals surface area contributed by atoms with E-state index >= 15 is 0 Å². The number of carbonyl (C=O) groups is 2. The van der Waals surface area contributed by atoms with E-state index in [1.54, 1.807) is 16.7 Å². The van der Waals surface area contributed by atoms with Gasteiger partial charge in [0, 0.05) is 18.0 Å². The molecule has 0 radical (unpaired) electrons. The zero-order valence-corrected chi connectivity index (χ0v) is 17.3. The number of aromatic nitrogens is 4. The van der Waals surface area contributed by atoms with Crippen molar-refractivity contribution in [2.75, 3.05) is 11.1 Å². The summed E-state index contributed by atoms with van der Waals surface area (Å²) < 4.78 is 1.78. The predicted octanol–water partition coefficient (Wildman–Crippen LogP) is 2.80. The highest BCUT2D eigenvalue weighted by atomic mass is 32.2. The molecule has 0 aliphatic rings. The molecule has 1 aromatic carbocycles. The number of hydrogen-bond donors (Lipinski definition) is 2. The van der Waals surface area contributed by atoms with Gasteiger partial charge in [-0.1, -0.05) is 30.0 Å². The Balaban J connectivity index is 1.57. The van der Waals surface area contributed by atoms with Crippen molar-refractivity contribution in [2.24, 2.45) is 7.05 Å². The van der Waals surface area contributed by atoms with E-state index in [0.717, 1.165) is 5.69 Å². The van der Waals surface area contributed by atoms with Crippen LogP contribution < -0.4 is 10.6 Å². The largest absolute Gasteiger partial charge is 0.342 e. The molecule has 0 spiro atoms. The van der Waals surface area contributed by atoms with E-state index in [1.165, 1.54) is 23.1 Å². The number of amides is 2. The van der Waals surface area contributed by atoms with Gasteiger partial charge in [0.25, 0.3) is 5.91 Å². The third-order valence-electron chi connectivity index (χ3n) is 3.84. The van der Waals surface area contributed by atoms with E-state index in [4.69, 9.17) is 0 Å². The average molecular weight is 417 g/mol. The topological polar surface area (TPSA) is 102 Å². The molecule has 2 amide bonds. The third kappa shape index (κ3) is 4.96. The number of benzene rings is 1. The van der Waals surface area contributed by atoms with Crippen LogP contribution in [0.4, 0.5) is 5.13 Å². The quantitative estimate of drug-likeness (QED) is 0.574. The standard InChI is InChI=1S/C18H20N6O2S2/c1-11-9-27-17(19-11)21-14(25)10-28-18-23-22-15(24(18)3)12(2)20-16(26)13-7-5-4-6-8-13/h4-9,12H,10H2,1-3H3,(H,20,26)(H,19,21,25)/t12-/m1/s1. The molecule has 28 heavy (non-hydrogen) atoms. The first-order chi connectivity index (χ1) is 13.4. The van der Waals surface area contributed by atoms with Crippen molar-refractivity contribution in [3.8, 4) is 0 Å². The van der Waals surface area contributed by atoms with Crippen molar-refractivity contribution in [3.05, 3.63) is 52.8 Å². The lowest BCUT2D eigenvalue weighted by molar-refractivity contribution is -0.113. The van der Waals surface area contributed by atoms with Crippen LogP contribution in [0.5, 0.6) is 0 Å². The summed E-state index contributed by atoms with van der Waals surface area (Å²) in [6.07, 6.45) is 0. The fourth-order valence-corrected chi connectivity index (χ4v) is 3.88. The lowest BCUT2D eigenvalue weighted by atomic mass is 10.2. The molecule has 146 valence electrons. The van der Waals surface area contributed by atoms with Crippen molar-refractivity contribution in [1.29, 1.82) is 0 Å². The Bertz CT molecular complexity index is 970. The van der Waals surface area contributed by atoms with Gasteiger partial charge in [-0.25, -0.2) is 4.98 Å². The monoisotopic (exact) mass is 416 g/mol. The van der Waals surface area contributed by atoms with Crippen molar-refractivity contribution in [3.63, 3.8) is 0 Å². The molecule has 0 saturated heterocycles. The van der Waals surface area contributed by atoms with E-state index in [1.807, 2.05) is 44.5 Å². The molecule has 3 aromatic rings. The average Bonchev–Trinajstić information content (AvgIpc) is 3.26. The van der Waals surface area contributed by atoms with Gasteiger partial charge in [0.05, 0.1) is 17.5 Å². The minimum atomic E-state index is -0.327.